The molecule has 2 heterocycles. The molecule has 0 radical (unpaired) electrons. The van der Waals surface area contributed by atoms with E-state index in [1.807, 2.05) is 54.6 Å². The van der Waals surface area contributed by atoms with Crippen LogP contribution in [0.5, 0.6) is 0 Å². The zero-order valence-electron chi connectivity index (χ0n) is 16.8. The molecule has 0 saturated carbocycles. The first-order valence-corrected chi connectivity index (χ1v) is 10.4. The molecule has 0 bridgehead atoms. The van der Waals surface area contributed by atoms with Gasteiger partial charge in [0.1, 0.15) is 6.54 Å². The first-order valence-electron chi connectivity index (χ1n) is 10.4. The van der Waals surface area contributed by atoms with Crippen LogP contribution < -0.4 is 10.2 Å². The molecule has 5 nitrogen and oxygen atoms in total. The number of nitrogens with zero attached hydrogens (tertiary/aromatic N) is 1. The molecule has 0 aliphatic carbocycles. The van der Waals surface area contributed by atoms with Crippen LogP contribution in [0.15, 0.2) is 66.7 Å². The topological polar surface area (TPSA) is 58.6 Å². The van der Waals surface area contributed by atoms with Crippen molar-refractivity contribution in [2.45, 2.75) is 18.3 Å². The summed E-state index contributed by atoms with van der Waals surface area (Å²) in [5.74, 6) is -0.254. The predicted molar refractivity (Wildman–Crippen MR) is 117 cm³/mol. The highest BCUT2D eigenvalue weighted by Gasteiger charge is 2.36. The molecule has 5 rings (SSSR count). The van der Waals surface area contributed by atoms with Crippen molar-refractivity contribution in [2.24, 2.45) is 0 Å². The summed E-state index contributed by atoms with van der Waals surface area (Å²) in [7, 11) is 0. The fourth-order valence-electron chi connectivity index (χ4n) is 4.72. The summed E-state index contributed by atoms with van der Waals surface area (Å²) in [6, 6.07) is 21.9. The van der Waals surface area contributed by atoms with Crippen LogP contribution in [-0.4, -0.2) is 38.1 Å². The van der Waals surface area contributed by atoms with Crippen molar-refractivity contribution in [2.75, 3.05) is 31.2 Å². The summed E-state index contributed by atoms with van der Waals surface area (Å²) in [6.07, 6.45) is 1.73. The van der Waals surface area contributed by atoms with Gasteiger partial charge in [0.05, 0.1) is 5.69 Å². The van der Waals surface area contributed by atoms with Crippen molar-refractivity contribution in [1.82, 2.24) is 5.32 Å². The average Bonchev–Trinajstić information content (AvgIpc) is 3.07. The molecule has 30 heavy (non-hydrogen) atoms. The number of benzene rings is 3. The minimum atomic E-state index is -0.144. The van der Waals surface area contributed by atoms with Crippen LogP contribution >= 0.6 is 0 Å². The summed E-state index contributed by atoms with van der Waals surface area (Å²) < 4.78 is 5.58. The standard InChI is InChI=1S/C25H24N2O3/c28-22(26-17-25(12-14-30-15-13-25)19-8-2-1-3-9-19)16-27-21-11-5-7-18-6-4-10-20(23(18)21)24(27)29/h1-11H,12-17H2,(H,26,28). The number of hydrogen-bond acceptors (Lipinski definition) is 3. The van der Waals surface area contributed by atoms with E-state index in [9.17, 15) is 9.59 Å². The van der Waals surface area contributed by atoms with Crippen LogP contribution in [0.3, 0.4) is 0 Å². The fraction of sp³-hybridized carbons (Fsp3) is 0.280. The Morgan fingerprint density at radius 1 is 0.967 bits per heavy atom. The molecule has 3 aromatic rings. The first-order chi connectivity index (χ1) is 14.7. The minimum Gasteiger partial charge on any atom is -0.381 e. The van der Waals surface area contributed by atoms with E-state index in [1.165, 1.54) is 5.56 Å². The van der Waals surface area contributed by atoms with Gasteiger partial charge in [-0.15, -0.1) is 0 Å². The second-order valence-electron chi connectivity index (χ2n) is 8.11. The van der Waals surface area contributed by atoms with Crippen molar-refractivity contribution in [3.05, 3.63) is 77.9 Å². The summed E-state index contributed by atoms with van der Waals surface area (Å²) in [5, 5.41) is 5.06. The number of nitrogens with one attached hydrogen (secondary N) is 1. The highest BCUT2D eigenvalue weighted by Crippen LogP contribution is 2.37. The van der Waals surface area contributed by atoms with Crippen molar-refractivity contribution in [1.29, 1.82) is 0 Å². The highest BCUT2D eigenvalue weighted by atomic mass is 16.5. The molecule has 1 fully saturated rings. The van der Waals surface area contributed by atoms with Gasteiger partial charge in [-0.05, 0) is 35.9 Å². The lowest BCUT2D eigenvalue weighted by Gasteiger charge is -2.38. The van der Waals surface area contributed by atoms with E-state index in [4.69, 9.17) is 4.74 Å². The predicted octanol–water partition coefficient (Wildman–Crippen LogP) is 3.66. The van der Waals surface area contributed by atoms with Gasteiger partial charge in [0, 0.05) is 36.1 Å². The summed E-state index contributed by atoms with van der Waals surface area (Å²) >= 11 is 0. The van der Waals surface area contributed by atoms with Crippen LogP contribution in [0.2, 0.25) is 0 Å². The van der Waals surface area contributed by atoms with Gasteiger partial charge in [-0.2, -0.15) is 0 Å². The molecule has 0 aromatic heterocycles. The largest absolute Gasteiger partial charge is 0.381 e. The third kappa shape index (κ3) is 3.15. The smallest absolute Gasteiger partial charge is 0.259 e. The number of carbonyl (C=O) groups is 2. The number of carbonyl (C=O) groups excluding carboxylic acids is 2. The summed E-state index contributed by atoms with van der Waals surface area (Å²) in [4.78, 5) is 27.4. The molecule has 3 aromatic carbocycles. The molecule has 2 aliphatic heterocycles. The maximum atomic E-state index is 12.9. The Morgan fingerprint density at radius 2 is 1.70 bits per heavy atom. The molecule has 5 heteroatoms. The normalized spacial score (nSPS) is 17.3. The van der Waals surface area contributed by atoms with Gasteiger partial charge in [-0.25, -0.2) is 0 Å². The molecule has 0 atom stereocenters. The van der Waals surface area contributed by atoms with Gasteiger partial charge >= 0.3 is 0 Å². The number of hydrogen-bond donors (Lipinski definition) is 1. The Kier molecular flexibility index (Phi) is 4.75. The number of ether oxygens (including phenoxy) is 1. The number of amides is 2. The van der Waals surface area contributed by atoms with Crippen LogP contribution in [0.25, 0.3) is 10.8 Å². The molecular formula is C25H24N2O3. The van der Waals surface area contributed by atoms with E-state index in [0.29, 0.717) is 25.3 Å². The van der Waals surface area contributed by atoms with E-state index in [0.717, 1.165) is 29.3 Å². The van der Waals surface area contributed by atoms with Crippen molar-refractivity contribution < 1.29 is 14.3 Å². The zero-order valence-corrected chi connectivity index (χ0v) is 16.8. The molecule has 0 unspecified atom stereocenters. The Balaban J connectivity index is 1.33. The lowest BCUT2D eigenvalue weighted by atomic mass is 9.74. The van der Waals surface area contributed by atoms with E-state index in [1.54, 1.807) is 4.90 Å². The summed E-state index contributed by atoms with van der Waals surface area (Å²) in [6.45, 7) is 1.94. The highest BCUT2D eigenvalue weighted by molar-refractivity contribution is 6.26. The average molecular weight is 400 g/mol. The van der Waals surface area contributed by atoms with Crippen LogP contribution in [0.4, 0.5) is 5.69 Å². The quantitative estimate of drug-likeness (QED) is 0.711. The maximum absolute atomic E-state index is 12.9. The van der Waals surface area contributed by atoms with E-state index >= 15 is 0 Å². The Morgan fingerprint density at radius 3 is 2.47 bits per heavy atom. The van der Waals surface area contributed by atoms with Gasteiger partial charge in [0.2, 0.25) is 5.91 Å². The molecule has 2 amide bonds. The van der Waals surface area contributed by atoms with E-state index < -0.39 is 0 Å². The van der Waals surface area contributed by atoms with Gasteiger partial charge in [0.25, 0.3) is 5.91 Å². The SMILES string of the molecule is O=C(CN1C(=O)c2cccc3cccc1c23)NCC1(c2ccccc2)CCOCC1. The summed E-state index contributed by atoms with van der Waals surface area (Å²) in [5.41, 5.74) is 2.57. The lowest BCUT2D eigenvalue weighted by molar-refractivity contribution is -0.120. The zero-order chi connectivity index (χ0) is 20.6. The van der Waals surface area contributed by atoms with E-state index in [-0.39, 0.29) is 23.8 Å². The second-order valence-corrected chi connectivity index (χ2v) is 8.11. The Labute approximate surface area is 175 Å². The minimum absolute atomic E-state index is 0.0218. The van der Waals surface area contributed by atoms with Crippen molar-refractivity contribution >= 4 is 28.3 Å². The molecule has 152 valence electrons. The molecular weight excluding hydrogens is 376 g/mol. The number of rotatable bonds is 5. The molecule has 1 N–H and O–H groups in total. The molecule has 0 spiro atoms. The third-order valence-corrected chi connectivity index (χ3v) is 6.41. The fourth-order valence-corrected chi connectivity index (χ4v) is 4.72. The van der Waals surface area contributed by atoms with E-state index in [2.05, 4.69) is 17.4 Å². The van der Waals surface area contributed by atoms with Crippen LogP contribution in [0, 0.1) is 0 Å². The lowest BCUT2D eigenvalue weighted by Crippen LogP contribution is -2.47. The van der Waals surface area contributed by atoms with Crippen molar-refractivity contribution in [3.8, 4) is 0 Å². The maximum Gasteiger partial charge on any atom is 0.259 e. The number of anilines is 1. The Hall–Kier alpha value is -3.18. The Bertz CT molecular complexity index is 1100. The van der Waals surface area contributed by atoms with Gasteiger partial charge < -0.3 is 10.1 Å². The van der Waals surface area contributed by atoms with Crippen LogP contribution in [-0.2, 0) is 14.9 Å². The third-order valence-electron chi connectivity index (χ3n) is 6.41. The van der Waals surface area contributed by atoms with Gasteiger partial charge in [-0.3, -0.25) is 14.5 Å². The van der Waals surface area contributed by atoms with Crippen molar-refractivity contribution in [3.63, 3.8) is 0 Å². The van der Waals surface area contributed by atoms with Gasteiger partial charge in [0.15, 0.2) is 0 Å². The monoisotopic (exact) mass is 400 g/mol. The molecule has 1 saturated heterocycles. The first kappa shape index (κ1) is 18.8. The van der Waals surface area contributed by atoms with Gasteiger partial charge in [-0.1, -0.05) is 54.6 Å². The van der Waals surface area contributed by atoms with Crippen LogP contribution in [0.1, 0.15) is 28.8 Å². The second kappa shape index (κ2) is 7.58. The molecule has 2 aliphatic rings.